The number of hydrogen-bond donors (Lipinski definition) is 3. The van der Waals surface area contributed by atoms with Crippen LogP contribution in [0.5, 0.6) is 5.75 Å². The third kappa shape index (κ3) is 7.53. The maximum absolute atomic E-state index is 11.7. The van der Waals surface area contributed by atoms with Gasteiger partial charge in [0, 0.05) is 6.54 Å². The third-order valence-electron chi connectivity index (χ3n) is 3.69. The van der Waals surface area contributed by atoms with E-state index in [1.54, 1.807) is 24.3 Å². The predicted molar refractivity (Wildman–Crippen MR) is 104 cm³/mol. The first kappa shape index (κ1) is 19.9. The Morgan fingerprint density at radius 3 is 2.48 bits per heavy atom. The van der Waals surface area contributed by atoms with Crippen LogP contribution < -0.4 is 21.1 Å². The van der Waals surface area contributed by atoms with Gasteiger partial charge in [0.15, 0.2) is 0 Å². The van der Waals surface area contributed by atoms with Gasteiger partial charge in [-0.15, -0.1) is 0 Å². The molecule has 0 aliphatic heterocycles. The molecule has 3 amide bonds. The molecule has 0 heterocycles. The highest BCUT2D eigenvalue weighted by Crippen LogP contribution is 2.16. The fraction of sp³-hybridized carbons (Fsp3) is 0.238. The smallest absolute Gasteiger partial charge is 0.315 e. The maximum atomic E-state index is 11.7. The van der Waals surface area contributed by atoms with Crippen molar-refractivity contribution in [3.8, 4) is 17.6 Å². The van der Waals surface area contributed by atoms with Gasteiger partial charge in [-0.1, -0.05) is 54.3 Å². The van der Waals surface area contributed by atoms with Crippen LogP contribution in [0.3, 0.4) is 0 Å². The fourth-order valence-electron chi connectivity index (χ4n) is 2.35. The standard InChI is InChI=1S/C21H23N3O3/c22-20(25)18-12-4-5-13-19(18)27-16-7-6-14-23-21(26)24-15-8-11-17-9-2-1-3-10-17/h1-5,9-10,12-13H,8,11,14-16H2,(H2,22,25)(H2,23,24,26). The van der Waals surface area contributed by atoms with E-state index in [1.807, 2.05) is 18.2 Å². The number of benzene rings is 2. The lowest BCUT2D eigenvalue weighted by molar-refractivity contribution is 0.0997. The van der Waals surface area contributed by atoms with Gasteiger partial charge in [-0.25, -0.2) is 4.79 Å². The molecule has 0 radical (unpaired) electrons. The number of hydrogen-bond acceptors (Lipinski definition) is 3. The molecule has 6 heteroatoms. The highest BCUT2D eigenvalue weighted by atomic mass is 16.5. The molecule has 6 nitrogen and oxygen atoms in total. The van der Waals surface area contributed by atoms with E-state index in [0.29, 0.717) is 17.9 Å². The molecule has 27 heavy (non-hydrogen) atoms. The Morgan fingerprint density at radius 2 is 1.70 bits per heavy atom. The average molecular weight is 365 g/mol. The third-order valence-corrected chi connectivity index (χ3v) is 3.69. The van der Waals surface area contributed by atoms with Crippen molar-refractivity contribution in [1.29, 1.82) is 0 Å². The summed E-state index contributed by atoms with van der Waals surface area (Å²) < 4.78 is 5.42. The largest absolute Gasteiger partial charge is 0.480 e. The highest BCUT2D eigenvalue weighted by molar-refractivity contribution is 5.95. The van der Waals surface area contributed by atoms with Gasteiger partial charge < -0.3 is 21.1 Å². The van der Waals surface area contributed by atoms with Gasteiger partial charge in [0.25, 0.3) is 5.91 Å². The van der Waals surface area contributed by atoms with E-state index < -0.39 is 5.91 Å². The van der Waals surface area contributed by atoms with Gasteiger partial charge in [0.05, 0.1) is 12.1 Å². The summed E-state index contributed by atoms with van der Waals surface area (Å²) in [6.07, 6.45) is 1.79. The molecule has 0 unspecified atom stereocenters. The number of carbonyl (C=O) groups excluding carboxylic acids is 2. The zero-order chi connectivity index (χ0) is 19.3. The van der Waals surface area contributed by atoms with E-state index in [4.69, 9.17) is 10.5 Å². The Morgan fingerprint density at radius 1 is 0.963 bits per heavy atom. The van der Waals surface area contributed by atoms with Crippen LogP contribution in [0.2, 0.25) is 0 Å². The Kier molecular flexibility index (Phi) is 8.25. The molecule has 0 saturated heterocycles. The van der Waals surface area contributed by atoms with E-state index in [1.165, 1.54) is 5.56 Å². The second-order valence-corrected chi connectivity index (χ2v) is 5.70. The second kappa shape index (κ2) is 11.2. The molecular formula is C21H23N3O3. The Labute approximate surface area is 159 Å². The van der Waals surface area contributed by atoms with E-state index in [9.17, 15) is 9.59 Å². The molecule has 0 aliphatic carbocycles. The molecule has 0 bridgehead atoms. The summed E-state index contributed by atoms with van der Waals surface area (Å²) in [7, 11) is 0. The minimum Gasteiger partial charge on any atom is -0.480 e. The van der Waals surface area contributed by atoms with E-state index in [2.05, 4.69) is 34.6 Å². The summed E-state index contributed by atoms with van der Waals surface area (Å²) in [5, 5.41) is 5.45. The molecule has 2 aromatic carbocycles. The average Bonchev–Trinajstić information content (AvgIpc) is 2.69. The van der Waals surface area contributed by atoms with Crippen LogP contribution in [0, 0.1) is 11.8 Å². The summed E-state index contributed by atoms with van der Waals surface area (Å²) in [4.78, 5) is 22.9. The summed E-state index contributed by atoms with van der Waals surface area (Å²) in [5.74, 6) is 5.41. The molecular weight excluding hydrogens is 342 g/mol. The van der Waals surface area contributed by atoms with Gasteiger partial charge >= 0.3 is 6.03 Å². The number of nitrogens with one attached hydrogen (secondary N) is 2. The maximum Gasteiger partial charge on any atom is 0.315 e. The van der Waals surface area contributed by atoms with Crippen LogP contribution in [0.4, 0.5) is 4.79 Å². The topological polar surface area (TPSA) is 93.5 Å². The lowest BCUT2D eigenvalue weighted by Gasteiger charge is -2.06. The quantitative estimate of drug-likeness (QED) is 0.494. The summed E-state index contributed by atoms with van der Waals surface area (Å²) in [5.41, 5.74) is 6.84. The van der Waals surface area contributed by atoms with Crippen LogP contribution in [-0.2, 0) is 6.42 Å². The first-order chi connectivity index (χ1) is 13.2. The zero-order valence-corrected chi connectivity index (χ0v) is 15.0. The molecule has 0 atom stereocenters. The summed E-state index contributed by atoms with van der Waals surface area (Å²) in [6.45, 7) is 0.914. The summed E-state index contributed by atoms with van der Waals surface area (Å²) >= 11 is 0. The zero-order valence-electron chi connectivity index (χ0n) is 15.0. The number of aryl methyl sites for hydroxylation is 1. The summed E-state index contributed by atoms with van der Waals surface area (Å²) in [6, 6.07) is 16.6. The van der Waals surface area contributed by atoms with Gasteiger partial charge in [0.2, 0.25) is 0 Å². The molecule has 140 valence electrons. The number of rotatable bonds is 8. The van der Waals surface area contributed by atoms with Crippen molar-refractivity contribution < 1.29 is 14.3 Å². The Bertz CT molecular complexity index is 810. The number of amides is 3. The van der Waals surface area contributed by atoms with Gasteiger partial charge in [-0.3, -0.25) is 4.79 Å². The molecule has 2 rings (SSSR count). The molecule has 0 fully saturated rings. The van der Waals surface area contributed by atoms with Crippen molar-refractivity contribution in [1.82, 2.24) is 10.6 Å². The lowest BCUT2D eigenvalue weighted by atomic mass is 10.1. The van der Waals surface area contributed by atoms with Gasteiger partial charge in [0.1, 0.15) is 12.4 Å². The number of carbonyl (C=O) groups is 2. The predicted octanol–water partition coefficient (Wildman–Crippen LogP) is 2.10. The normalized spacial score (nSPS) is 9.63. The van der Waals surface area contributed by atoms with Crippen LogP contribution in [0.1, 0.15) is 22.3 Å². The van der Waals surface area contributed by atoms with Crippen molar-refractivity contribution in [3.63, 3.8) is 0 Å². The first-order valence-corrected chi connectivity index (χ1v) is 8.70. The van der Waals surface area contributed by atoms with Crippen molar-refractivity contribution >= 4 is 11.9 Å². The molecule has 0 aromatic heterocycles. The monoisotopic (exact) mass is 365 g/mol. The lowest BCUT2D eigenvalue weighted by Crippen LogP contribution is -2.36. The van der Waals surface area contributed by atoms with E-state index >= 15 is 0 Å². The molecule has 0 spiro atoms. The number of para-hydroxylation sites is 1. The number of primary amides is 1. The first-order valence-electron chi connectivity index (χ1n) is 8.70. The molecule has 0 saturated carbocycles. The fourth-order valence-corrected chi connectivity index (χ4v) is 2.35. The van der Waals surface area contributed by atoms with Crippen LogP contribution in [0.25, 0.3) is 0 Å². The number of ether oxygens (including phenoxy) is 1. The number of urea groups is 1. The van der Waals surface area contributed by atoms with Gasteiger partial charge in [-0.05, 0) is 30.5 Å². The number of nitrogens with two attached hydrogens (primary N) is 1. The van der Waals surface area contributed by atoms with E-state index in [-0.39, 0.29) is 19.2 Å². The Hall–Kier alpha value is -3.46. The van der Waals surface area contributed by atoms with Crippen LogP contribution >= 0.6 is 0 Å². The molecule has 0 aliphatic rings. The Balaban J connectivity index is 1.58. The van der Waals surface area contributed by atoms with Gasteiger partial charge in [-0.2, -0.15) is 0 Å². The second-order valence-electron chi connectivity index (χ2n) is 5.70. The highest BCUT2D eigenvalue weighted by Gasteiger charge is 2.07. The SMILES string of the molecule is NC(=O)c1ccccc1OCC#CCNC(=O)NCCCc1ccccc1. The van der Waals surface area contributed by atoms with Crippen molar-refractivity contribution in [2.75, 3.05) is 19.7 Å². The minimum absolute atomic E-state index is 0.102. The van der Waals surface area contributed by atoms with Crippen molar-refractivity contribution in [2.24, 2.45) is 5.73 Å². The molecule has 4 N–H and O–H groups in total. The minimum atomic E-state index is -0.552. The van der Waals surface area contributed by atoms with Crippen molar-refractivity contribution in [2.45, 2.75) is 12.8 Å². The van der Waals surface area contributed by atoms with Crippen LogP contribution in [0.15, 0.2) is 54.6 Å². The van der Waals surface area contributed by atoms with Crippen molar-refractivity contribution in [3.05, 3.63) is 65.7 Å². The van der Waals surface area contributed by atoms with E-state index in [0.717, 1.165) is 12.8 Å². The van der Waals surface area contributed by atoms with Crippen LogP contribution in [-0.4, -0.2) is 31.6 Å². The molecule has 2 aromatic rings.